The van der Waals surface area contributed by atoms with E-state index in [-0.39, 0.29) is 0 Å². The molecule has 0 saturated heterocycles. The summed E-state index contributed by atoms with van der Waals surface area (Å²) in [6, 6.07) is 4.30. The highest BCUT2D eigenvalue weighted by molar-refractivity contribution is 4.96. The molecule has 3 atom stereocenters. The van der Waals surface area contributed by atoms with Crippen LogP contribution in [0.2, 0.25) is 0 Å². The molecular formula is C13H21NO3. The number of aliphatic hydroxyl groups excluding tert-OH is 1. The smallest absolute Gasteiger partial charge is 0.129 e. The summed E-state index contributed by atoms with van der Waals surface area (Å²) in [5, 5.41) is 13.0. The summed E-state index contributed by atoms with van der Waals surface area (Å²) < 4.78 is 10.5. The van der Waals surface area contributed by atoms with Gasteiger partial charge in [-0.25, -0.2) is 0 Å². The van der Waals surface area contributed by atoms with E-state index in [1.807, 2.05) is 12.1 Å². The first-order chi connectivity index (χ1) is 8.29. The van der Waals surface area contributed by atoms with E-state index < -0.39 is 6.10 Å². The molecule has 0 aromatic carbocycles. The first-order valence-corrected chi connectivity index (χ1v) is 6.31. The van der Waals surface area contributed by atoms with Crippen molar-refractivity contribution in [3.63, 3.8) is 0 Å². The normalized spacial score (nSPS) is 24.8. The molecule has 2 rings (SSSR count). The summed E-state index contributed by atoms with van der Waals surface area (Å²) in [4.78, 5) is 0. The molecule has 96 valence electrons. The fraction of sp³-hybridized carbons (Fsp3) is 0.692. The number of rotatable bonds is 8. The molecule has 0 amide bonds. The Labute approximate surface area is 102 Å². The summed E-state index contributed by atoms with van der Waals surface area (Å²) in [5.74, 6) is 1.60. The van der Waals surface area contributed by atoms with Crippen molar-refractivity contribution in [3.8, 4) is 0 Å². The average Bonchev–Trinajstić information content (AvgIpc) is 2.91. The molecule has 1 aromatic rings. The van der Waals surface area contributed by atoms with Crippen LogP contribution in [-0.4, -0.2) is 30.4 Å². The van der Waals surface area contributed by atoms with Gasteiger partial charge < -0.3 is 19.6 Å². The quantitative estimate of drug-likeness (QED) is 0.722. The van der Waals surface area contributed by atoms with Crippen molar-refractivity contribution in [3.05, 3.63) is 24.2 Å². The van der Waals surface area contributed by atoms with Gasteiger partial charge in [0.25, 0.3) is 0 Å². The van der Waals surface area contributed by atoms with Crippen LogP contribution in [-0.2, 0) is 11.3 Å². The van der Waals surface area contributed by atoms with Crippen LogP contribution in [0.25, 0.3) is 0 Å². The van der Waals surface area contributed by atoms with Gasteiger partial charge in [0, 0.05) is 12.6 Å². The lowest BCUT2D eigenvalue weighted by molar-refractivity contribution is 0.0224. The van der Waals surface area contributed by atoms with Gasteiger partial charge in [0.2, 0.25) is 0 Å². The number of aliphatic hydroxyl groups is 1. The van der Waals surface area contributed by atoms with E-state index in [4.69, 9.17) is 9.15 Å². The van der Waals surface area contributed by atoms with Crippen molar-refractivity contribution in [2.75, 3.05) is 13.2 Å². The second kappa shape index (κ2) is 6.19. The Balaban J connectivity index is 1.51. The van der Waals surface area contributed by atoms with Gasteiger partial charge in [0.1, 0.15) is 12.4 Å². The van der Waals surface area contributed by atoms with Crippen molar-refractivity contribution in [2.45, 2.75) is 38.5 Å². The van der Waals surface area contributed by atoms with E-state index in [0.29, 0.717) is 25.8 Å². The first-order valence-electron chi connectivity index (χ1n) is 6.31. The molecule has 0 spiro atoms. The molecule has 3 unspecified atom stereocenters. The molecule has 17 heavy (non-hydrogen) atoms. The molecule has 1 aromatic heterocycles. The van der Waals surface area contributed by atoms with Crippen LogP contribution in [0.15, 0.2) is 22.8 Å². The van der Waals surface area contributed by atoms with Crippen LogP contribution in [0, 0.1) is 5.92 Å². The number of hydrogen-bond donors (Lipinski definition) is 2. The van der Waals surface area contributed by atoms with Crippen LogP contribution >= 0.6 is 0 Å². The Morgan fingerprint density at radius 1 is 1.65 bits per heavy atom. The predicted molar refractivity (Wildman–Crippen MR) is 64.6 cm³/mol. The van der Waals surface area contributed by atoms with E-state index in [1.165, 1.54) is 12.8 Å². The third kappa shape index (κ3) is 4.15. The lowest BCUT2D eigenvalue weighted by Crippen LogP contribution is -2.32. The molecular weight excluding hydrogens is 218 g/mol. The lowest BCUT2D eigenvalue weighted by atomic mass is 10.3. The molecule has 1 aliphatic rings. The predicted octanol–water partition coefficient (Wildman–Crippen LogP) is 1.55. The molecule has 4 nitrogen and oxygen atoms in total. The van der Waals surface area contributed by atoms with Crippen LogP contribution < -0.4 is 5.32 Å². The molecule has 0 aliphatic heterocycles. The van der Waals surface area contributed by atoms with Crippen molar-refractivity contribution in [1.82, 2.24) is 5.32 Å². The van der Waals surface area contributed by atoms with Gasteiger partial charge >= 0.3 is 0 Å². The van der Waals surface area contributed by atoms with Crippen LogP contribution in [0.4, 0.5) is 0 Å². The Morgan fingerprint density at radius 2 is 2.53 bits per heavy atom. The molecule has 0 radical (unpaired) electrons. The molecule has 4 heteroatoms. The van der Waals surface area contributed by atoms with Gasteiger partial charge in [0.15, 0.2) is 0 Å². The average molecular weight is 239 g/mol. The highest BCUT2D eigenvalue weighted by Gasteiger charge is 2.34. The maximum atomic E-state index is 9.70. The highest BCUT2D eigenvalue weighted by Crippen LogP contribution is 2.32. The van der Waals surface area contributed by atoms with Crippen molar-refractivity contribution < 1.29 is 14.3 Å². The maximum Gasteiger partial charge on any atom is 0.129 e. The van der Waals surface area contributed by atoms with Gasteiger partial charge in [0.05, 0.1) is 19.0 Å². The monoisotopic (exact) mass is 239 g/mol. The molecule has 2 N–H and O–H groups in total. The first kappa shape index (κ1) is 12.6. The molecule has 1 saturated carbocycles. The second-order valence-corrected chi connectivity index (χ2v) is 4.67. The summed E-state index contributed by atoms with van der Waals surface area (Å²) >= 11 is 0. The standard InChI is InChI=1S/C13H21NO3/c1-2-10-6-13(10)14-7-11(15)8-16-9-12-4-3-5-17-12/h3-5,10-11,13-15H,2,6-9H2,1H3. The van der Waals surface area contributed by atoms with Crippen LogP contribution in [0.5, 0.6) is 0 Å². The number of hydrogen-bond acceptors (Lipinski definition) is 4. The van der Waals surface area contributed by atoms with E-state index in [0.717, 1.165) is 11.7 Å². The van der Waals surface area contributed by atoms with E-state index in [2.05, 4.69) is 12.2 Å². The Bertz CT molecular complexity index is 312. The highest BCUT2D eigenvalue weighted by atomic mass is 16.5. The largest absolute Gasteiger partial charge is 0.467 e. The summed E-state index contributed by atoms with van der Waals surface area (Å²) in [6.07, 6.45) is 3.65. The minimum Gasteiger partial charge on any atom is -0.467 e. The maximum absolute atomic E-state index is 9.70. The van der Waals surface area contributed by atoms with E-state index in [9.17, 15) is 5.11 Å². The lowest BCUT2D eigenvalue weighted by Gasteiger charge is -2.11. The summed E-state index contributed by atoms with van der Waals surface area (Å²) in [7, 11) is 0. The van der Waals surface area contributed by atoms with Crippen molar-refractivity contribution in [1.29, 1.82) is 0 Å². The Hall–Kier alpha value is -0.840. The van der Waals surface area contributed by atoms with Gasteiger partial charge in [-0.2, -0.15) is 0 Å². The minimum atomic E-state index is -0.442. The number of furan rings is 1. The zero-order chi connectivity index (χ0) is 12.1. The molecule has 1 aliphatic carbocycles. The topological polar surface area (TPSA) is 54.6 Å². The van der Waals surface area contributed by atoms with Gasteiger partial charge in [-0.15, -0.1) is 0 Å². The fourth-order valence-electron chi connectivity index (χ4n) is 1.99. The van der Waals surface area contributed by atoms with E-state index >= 15 is 0 Å². The van der Waals surface area contributed by atoms with E-state index in [1.54, 1.807) is 6.26 Å². The third-order valence-electron chi connectivity index (χ3n) is 3.20. The SMILES string of the molecule is CCC1CC1NCC(O)COCc1ccco1. The van der Waals surface area contributed by atoms with Gasteiger partial charge in [-0.3, -0.25) is 0 Å². The molecule has 1 heterocycles. The molecule has 0 bridgehead atoms. The Kier molecular flexibility index (Phi) is 4.59. The van der Waals surface area contributed by atoms with Crippen LogP contribution in [0.1, 0.15) is 25.5 Å². The minimum absolute atomic E-state index is 0.344. The number of nitrogens with one attached hydrogen (secondary N) is 1. The van der Waals surface area contributed by atoms with Crippen LogP contribution in [0.3, 0.4) is 0 Å². The zero-order valence-corrected chi connectivity index (χ0v) is 10.3. The van der Waals surface area contributed by atoms with Gasteiger partial charge in [-0.1, -0.05) is 13.3 Å². The van der Waals surface area contributed by atoms with Crippen molar-refractivity contribution in [2.24, 2.45) is 5.92 Å². The summed E-state index contributed by atoms with van der Waals surface area (Å²) in [6.45, 7) is 3.58. The van der Waals surface area contributed by atoms with Crippen molar-refractivity contribution >= 4 is 0 Å². The zero-order valence-electron chi connectivity index (χ0n) is 10.3. The Morgan fingerprint density at radius 3 is 3.18 bits per heavy atom. The third-order valence-corrected chi connectivity index (χ3v) is 3.20. The second-order valence-electron chi connectivity index (χ2n) is 4.67. The summed E-state index contributed by atoms with van der Waals surface area (Å²) in [5.41, 5.74) is 0. The van der Waals surface area contributed by atoms with Gasteiger partial charge in [-0.05, 0) is 24.5 Å². The fourth-order valence-corrected chi connectivity index (χ4v) is 1.99. The molecule has 1 fully saturated rings. The number of ether oxygens (including phenoxy) is 1.